The van der Waals surface area contributed by atoms with Gasteiger partial charge in [-0.1, -0.05) is 0 Å². The van der Waals surface area contributed by atoms with Gasteiger partial charge in [0.25, 0.3) is 0 Å². The second-order valence-electron chi connectivity index (χ2n) is 2.86. The topological polar surface area (TPSA) is 35.2 Å². The van der Waals surface area contributed by atoms with Gasteiger partial charge >= 0.3 is 0 Å². The van der Waals surface area contributed by atoms with Gasteiger partial charge in [0.1, 0.15) is 0 Å². The predicted octanol–water partition coefficient (Wildman–Crippen LogP) is 0.402. The molecular formula is C6H12ClNO. The van der Waals surface area contributed by atoms with Crippen molar-refractivity contribution in [3.8, 4) is 0 Å². The number of hydrogen-bond acceptors (Lipinski definition) is 2. The van der Waals surface area contributed by atoms with Crippen LogP contribution in [0.25, 0.3) is 0 Å². The molecule has 1 saturated carbocycles. The van der Waals surface area contributed by atoms with Gasteiger partial charge < -0.3 is 10.5 Å². The molecule has 9 heavy (non-hydrogen) atoms. The van der Waals surface area contributed by atoms with Crippen LogP contribution in [0.15, 0.2) is 0 Å². The van der Waals surface area contributed by atoms with Gasteiger partial charge in [-0.05, 0) is 12.3 Å². The van der Waals surface area contributed by atoms with Gasteiger partial charge in [0.2, 0.25) is 0 Å². The van der Waals surface area contributed by atoms with E-state index in [1.807, 2.05) is 0 Å². The summed E-state index contributed by atoms with van der Waals surface area (Å²) in [6, 6.07) is 0.461. The summed E-state index contributed by atoms with van der Waals surface area (Å²) in [5, 5.41) is 0. The first kappa shape index (κ1) is 7.32. The SMILES string of the molecule is Cl.N[C@H]1C[C@H]2COC[C@H]21. The highest BCUT2D eigenvalue weighted by atomic mass is 35.5. The fourth-order valence-corrected chi connectivity index (χ4v) is 1.66. The average molecular weight is 150 g/mol. The molecule has 2 nitrogen and oxygen atoms in total. The first-order valence-corrected chi connectivity index (χ1v) is 3.21. The highest BCUT2D eigenvalue weighted by molar-refractivity contribution is 5.85. The zero-order valence-corrected chi connectivity index (χ0v) is 6.06. The molecule has 1 aliphatic heterocycles. The van der Waals surface area contributed by atoms with Crippen molar-refractivity contribution in [1.82, 2.24) is 0 Å². The molecule has 54 valence electrons. The Kier molecular flexibility index (Phi) is 1.99. The Labute approximate surface area is 61.2 Å². The summed E-state index contributed by atoms with van der Waals surface area (Å²) in [4.78, 5) is 0. The molecule has 2 aliphatic rings. The van der Waals surface area contributed by atoms with E-state index in [2.05, 4.69) is 0 Å². The molecule has 0 aromatic rings. The number of hydrogen-bond donors (Lipinski definition) is 1. The molecule has 2 fully saturated rings. The second-order valence-corrected chi connectivity index (χ2v) is 2.86. The molecule has 2 rings (SSSR count). The van der Waals surface area contributed by atoms with Crippen LogP contribution >= 0.6 is 12.4 Å². The minimum Gasteiger partial charge on any atom is -0.381 e. The maximum absolute atomic E-state index is 5.68. The Bertz CT molecular complexity index is 109. The van der Waals surface area contributed by atoms with E-state index in [4.69, 9.17) is 10.5 Å². The third kappa shape index (κ3) is 0.955. The minimum atomic E-state index is 0. The maximum Gasteiger partial charge on any atom is 0.0512 e. The van der Waals surface area contributed by atoms with Crippen LogP contribution in [0.2, 0.25) is 0 Å². The smallest absolute Gasteiger partial charge is 0.0512 e. The molecule has 1 saturated heterocycles. The van der Waals surface area contributed by atoms with Gasteiger partial charge in [-0.25, -0.2) is 0 Å². The maximum atomic E-state index is 5.68. The van der Waals surface area contributed by atoms with Crippen LogP contribution in [0.1, 0.15) is 6.42 Å². The molecule has 0 radical (unpaired) electrons. The van der Waals surface area contributed by atoms with Crippen LogP contribution in [0.3, 0.4) is 0 Å². The molecule has 2 N–H and O–H groups in total. The lowest BCUT2D eigenvalue weighted by Crippen LogP contribution is -2.46. The number of fused-ring (bicyclic) bond motifs is 1. The molecule has 0 amide bonds. The van der Waals surface area contributed by atoms with Gasteiger partial charge in [-0.2, -0.15) is 0 Å². The van der Waals surface area contributed by atoms with Gasteiger partial charge in [0, 0.05) is 18.6 Å². The molecule has 0 bridgehead atoms. The average Bonchev–Trinajstić information content (AvgIpc) is 2.09. The van der Waals surface area contributed by atoms with Crippen LogP contribution in [0.4, 0.5) is 0 Å². The normalized spacial score (nSPS) is 47.0. The molecule has 0 spiro atoms. The van der Waals surface area contributed by atoms with Crippen LogP contribution < -0.4 is 5.73 Å². The summed E-state index contributed by atoms with van der Waals surface area (Å²) in [6.07, 6.45) is 1.20. The molecule has 1 heterocycles. The van der Waals surface area contributed by atoms with E-state index in [0.29, 0.717) is 6.04 Å². The highest BCUT2D eigenvalue weighted by Crippen LogP contribution is 2.37. The zero-order valence-electron chi connectivity index (χ0n) is 5.25. The molecule has 1 aliphatic carbocycles. The quantitative estimate of drug-likeness (QED) is 0.541. The van der Waals surface area contributed by atoms with Crippen LogP contribution in [-0.2, 0) is 4.74 Å². The molecule has 3 atom stereocenters. The molecular weight excluding hydrogens is 138 g/mol. The van der Waals surface area contributed by atoms with Crippen molar-refractivity contribution >= 4 is 12.4 Å². The van der Waals surface area contributed by atoms with Crippen molar-refractivity contribution in [2.45, 2.75) is 12.5 Å². The van der Waals surface area contributed by atoms with E-state index in [-0.39, 0.29) is 12.4 Å². The van der Waals surface area contributed by atoms with Crippen molar-refractivity contribution < 1.29 is 4.74 Å². The largest absolute Gasteiger partial charge is 0.381 e. The lowest BCUT2D eigenvalue weighted by molar-refractivity contribution is 0.185. The van der Waals surface area contributed by atoms with Crippen molar-refractivity contribution in [1.29, 1.82) is 0 Å². The second kappa shape index (κ2) is 2.45. The Balaban J connectivity index is 0.000000405. The van der Waals surface area contributed by atoms with Gasteiger partial charge in [-0.3, -0.25) is 0 Å². The van der Waals surface area contributed by atoms with Crippen molar-refractivity contribution in [2.75, 3.05) is 13.2 Å². The first-order chi connectivity index (χ1) is 3.88. The highest BCUT2D eigenvalue weighted by Gasteiger charge is 2.42. The molecule has 3 heteroatoms. The Morgan fingerprint density at radius 3 is 2.56 bits per heavy atom. The van der Waals surface area contributed by atoms with E-state index >= 15 is 0 Å². The third-order valence-electron chi connectivity index (χ3n) is 2.37. The van der Waals surface area contributed by atoms with Crippen LogP contribution in [-0.4, -0.2) is 19.3 Å². The summed E-state index contributed by atoms with van der Waals surface area (Å²) < 4.78 is 5.22. The van der Waals surface area contributed by atoms with Gasteiger partial charge in [0.15, 0.2) is 0 Å². The molecule has 0 aromatic carbocycles. The van der Waals surface area contributed by atoms with Crippen LogP contribution in [0.5, 0.6) is 0 Å². The van der Waals surface area contributed by atoms with Crippen LogP contribution in [0, 0.1) is 11.8 Å². The summed E-state index contributed by atoms with van der Waals surface area (Å²) in [7, 11) is 0. The monoisotopic (exact) mass is 149 g/mol. The zero-order chi connectivity index (χ0) is 5.56. The lowest BCUT2D eigenvalue weighted by Gasteiger charge is -2.35. The van der Waals surface area contributed by atoms with E-state index in [0.717, 1.165) is 25.0 Å². The van der Waals surface area contributed by atoms with Crippen molar-refractivity contribution in [3.63, 3.8) is 0 Å². The minimum absolute atomic E-state index is 0. The lowest BCUT2D eigenvalue weighted by atomic mass is 9.72. The fourth-order valence-electron chi connectivity index (χ4n) is 1.66. The third-order valence-corrected chi connectivity index (χ3v) is 2.37. The van der Waals surface area contributed by atoms with Crippen molar-refractivity contribution in [2.24, 2.45) is 17.6 Å². The van der Waals surface area contributed by atoms with E-state index in [1.165, 1.54) is 6.42 Å². The van der Waals surface area contributed by atoms with E-state index in [1.54, 1.807) is 0 Å². The standard InChI is InChI=1S/C6H11NO.ClH/c7-6-1-4-2-8-3-5(4)6;/h4-6H,1-3,7H2;1H/t4-,5+,6-;/m0./s1. The Hall–Kier alpha value is 0.210. The molecule has 0 aromatic heterocycles. The predicted molar refractivity (Wildman–Crippen MR) is 37.6 cm³/mol. The number of rotatable bonds is 0. The Morgan fingerprint density at radius 1 is 1.33 bits per heavy atom. The van der Waals surface area contributed by atoms with E-state index in [9.17, 15) is 0 Å². The number of halogens is 1. The molecule has 0 unspecified atom stereocenters. The number of nitrogens with two attached hydrogens (primary N) is 1. The summed E-state index contributed by atoms with van der Waals surface area (Å²) in [5.74, 6) is 1.54. The van der Waals surface area contributed by atoms with Gasteiger partial charge in [-0.15, -0.1) is 12.4 Å². The summed E-state index contributed by atoms with van der Waals surface area (Å²) in [5.41, 5.74) is 5.68. The summed E-state index contributed by atoms with van der Waals surface area (Å²) in [6.45, 7) is 1.89. The number of ether oxygens (including phenoxy) is 1. The Morgan fingerprint density at radius 2 is 2.11 bits per heavy atom. The fraction of sp³-hybridized carbons (Fsp3) is 1.00. The summed E-state index contributed by atoms with van der Waals surface area (Å²) >= 11 is 0. The first-order valence-electron chi connectivity index (χ1n) is 3.21. The van der Waals surface area contributed by atoms with E-state index < -0.39 is 0 Å². The van der Waals surface area contributed by atoms with Gasteiger partial charge in [0.05, 0.1) is 6.61 Å². The van der Waals surface area contributed by atoms with Crippen molar-refractivity contribution in [3.05, 3.63) is 0 Å².